The second-order valence-corrected chi connectivity index (χ2v) is 8.87. The number of benzene rings is 2. The summed E-state index contributed by atoms with van der Waals surface area (Å²) in [4.78, 5) is 21.2. The average Bonchev–Trinajstić information content (AvgIpc) is 3.46. The molecule has 190 valence electrons. The minimum Gasteiger partial charge on any atom is -0.493 e. The number of hydrogen-bond acceptors (Lipinski definition) is 8. The molecule has 0 saturated carbocycles. The van der Waals surface area contributed by atoms with Gasteiger partial charge in [0.05, 0.1) is 35.5 Å². The number of fused-ring (bicyclic) bond motifs is 2. The van der Waals surface area contributed by atoms with Crippen LogP contribution in [-0.4, -0.2) is 30.1 Å². The number of nitrogens with one attached hydrogen (secondary N) is 1. The van der Waals surface area contributed by atoms with Crippen molar-refractivity contribution >= 4 is 43.5 Å². The lowest BCUT2D eigenvalue weighted by Crippen LogP contribution is -2.16. The largest absolute Gasteiger partial charge is 0.493 e. The minimum atomic E-state index is -4.80. The van der Waals surface area contributed by atoms with Gasteiger partial charge in [0, 0.05) is 23.7 Å². The zero-order valence-electron chi connectivity index (χ0n) is 19.6. The van der Waals surface area contributed by atoms with E-state index in [1.165, 1.54) is 21.1 Å². The van der Waals surface area contributed by atoms with Crippen molar-refractivity contribution in [3.63, 3.8) is 0 Å². The Morgan fingerprint density at radius 1 is 1.00 bits per heavy atom. The number of halogens is 3. The van der Waals surface area contributed by atoms with Crippen molar-refractivity contribution in [2.75, 3.05) is 19.5 Å². The maximum Gasteiger partial charge on any atom is 0.450 e. The number of ether oxygens (including phenoxy) is 3. The number of carbonyl (C=O) groups is 1. The monoisotopic (exact) mass is 529 g/mol. The molecule has 0 spiro atoms. The fourth-order valence-electron chi connectivity index (χ4n) is 3.74. The van der Waals surface area contributed by atoms with Gasteiger partial charge in [-0.1, -0.05) is 11.3 Å². The zero-order chi connectivity index (χ0) is 26.3. The second kappa shape index (κ2) is 9.28. The molecule has 0 unspecified atom stereocenters. The Labute approximate surface area is 211 Å². The number of rotatable bonds is 6. The van der Waals surface area contributed by atoms with Gasteiger partial charge in [-0.25, -0.2) is 4.98 Å². The highest BCUT2D eigenvalue weighted by Crippen LogP contribution is 2.38. The number of hydrogen-bond donors (Lipinski definition) is 1. The number of alkyl halides is 3. The lowest BCUT2D eigenvalue weighted by molar-refractivity contribution is -0.153. The first-order valence-electron chi connectivity index (χ1n) is 10.7. The standard InChI is InChI=1S/C25H18F3N3O5S/c1-12-8-15(22(35-12)25(26,27)28)23(32)31-24-30-16-5-4-13(9-21(16)37-24)36-18-6-7-29-17-11-20(34-3)19(33-2)10-14(17)18/h4-11H,1-3H3,(H,30,31,32). The first-order chi connectivity index (χ1) is 17.7. The maximum atomic E-state index is 13.2. The molecule has 0 aliphatic rings. The van der Waals surface area contributed by atoms with Gasteiger partial charge in [0.15, 0.2) is 16.6 Å². The zero-order valence-corrected chi connectivity index (χ0v) is 20.4. The summed E-state index contributed by atoms with van der Waals surface area (Å²) in [5.41, 5.74) is 0.578. The van der Waals surface area contributed by atoms with Crippen LogP contribution in [0.1, 0.15) is 21.9 Å². The lowest BCUT2D eigenvalue weighted by Gasteiger charge is -2.12. The molecular formula is C25H18F3N3O5S. The Hall–Kier alpha value is -4.32. The van der Waals surface area contributed by atoms with Crippen LogP contribution >= 0.6 is 11.3 Å². The van der Waals surface area contributed by atoms with E-state index in [0.717, 1.165) is 17.4 Å². The lowest BCUT2D eigenvalue weighted by atomic mass is 10.2. The second-order valence-electron chi connectivity index (χ2n) is 7.84. The molecule has 2 aromatic carbocycles. The molecule has 0 fully saturated rings. The SMILES string of the molecule is COc1cc2nccc(Oc3ccc4nc(NC(=O)c5cc(C)oc5C(F)(F)F)sc4c3)c2cc1OC. The van der Waals surface area contributed by atoms with E-state index < -0.39 is 23.4 Å². The van der Waals surface area contributed by atoms with Gasteiger partial charge in [0.25, 0.3) is 5.91 Å². The van der Waals surface area contributed by atoms with E-state index >= 15 is 0 Å². The number of nitrogens with zero attached hydrogens (tertiary/aromatic N) is 2. The van der Waals surface area contributed by atoms with E-state index in [4.69, 9.17) is 14.2 Å². The Kier molecular flexibility index (Phi) is 6.12. The number of carbonyl (C=O) groups excluding carboxylic acids is 1. The smallest absolute Gasteiger partial charge is 0.450 e. The Bertz CT molecular complexity index is 1640. The number of amides is 1. The molecule has 3 aromatic heterocycles. The number of pyridine rings is 1. The summed E-state index contributed by atoms with van der Waals surface area (Å²) in [6.07, 6.45) is -3.19. The van der Waals surface area contributed by atoms with Crippen LogP contribution in [-0.2, 0) is 6.18 Å². The van der Waals surface area contributed by atoms with Crippen molar-refractivity contribution < 1.29 is 36.6 Å². The fourth-order valence-corrected chi connectivity index (χ4v) is 4.63. The van der Waals surface area contributed by atoms with E-state index in [-0.39, 0.29) is 10.9 Å². The third-order valence-electron chi connectivity index (χ3n) is 5.37. The molecule has 37 heavy (non-hydrogen) atoms. The molecule has 8 nitrogen and oxygen atoms in total. The van der Waals surface area contributed by atoms with Gasteiger partial charge in [-0.3, -0.25) is 15.1 Å². The fraction of sp³-hybridized carbons (Fsp3) is 0.160. The van der Waals surface area contributed by atoms with Gasteiger partial charge in [-0.05, 0) is 37.3 Å². The Morgan fingerprint density at radius 3 is 2.49 bits per heavy atom. The third-order valence-corrected chi connectivity index (χ3v) is 6.31. The number of anilines is 1. The van der Waals surface area contributed by atoms with Crippen molar-refractivity contribution in [3.05, 3.63) is 65.7 Å². The van der Waals surface area contributed by atoms with E-state index in [9.17, 15) is 18.0 Å². The van der Waals surface area contributed by atoms with Crippen LogP contribution in [0.15, 0.2) is 53.1 Å². The Morgan fingerprint density at radius 2 is 1.76 bits per heavy atom. The summed E-state index contributed by atoms with van der Waals surface area (Å²) in [6.45, 7) is 1.34. The van der Waals surface area contributed by atoms with Gasteiger partial charge in [0.2, 0.25) is 5.76 Å². The van der Waals surface area contributed by atoms with Crippen molar-refractivity contribution in [1.29, 1.82) is 0 Å². The minimum absolute atomic E-state index is 0.0248. The van der Waals surface area contributed by atoms with Crippen molar-refractivity contribution in [1.82, 2.24) is 9.97 Å². The van der Waals surface area contributed by atoms with E-state index in [1.54, 1.807) is 42.6 Å². The highest BCUT2D eigenvalue weighted by molar-refractivity contribution is 7.22. The first-order valence-corrected chi connectivity index (χ1v) is 11.6. The highest BCUT2D eigenvalue weighted by atomic mass is 32.1. The average molecular weight is 529 g/mol. The molecule has 12 heteroatoms. The molecule has 0 aliphatic carbocycles. The highest BCUT2D eigenvalue weighted by Gasteiger charge is 2.40. The molecule has 5 rings (SSSR count). The summed E-state index contributed by atoms with van der Waals surface area (Å²) < 4.78 is 61.8. The van der Waals surface area contributed by atoms with E-state index in [0.29, 0.717) is 44.1 Å². The van der Waals surface area contributed by atoms with E-state index in [2.05, 4.69) is 19.7 Å². The van der Waals surface area contributed by atoms with Gasteiger partial charge in [-0.15, -0.1) is 0 Å². The van der Waals surface area contributed by atoms with Gasteiger partial charge in [0.1, 0.15) is 17.3 Å². The number of aryl methyl sites for hydroxylation is 1. The van der Waals surface area contributed by atoms with Crippen LogP contribution in [0.3, 0.4) is 0 Å². The van der Waals surface area contributed by atoms with E-state index in [1.807, 2.05) is 0 Å². The van der Waals surface area contributed by atoms with Crippen LogP contribution < -0.4 is 19.5 Å². The quantitative estimate of drug-likeness (QED) is 0.258. The molecule has 3 heterocycles. The van der Waals surface area contributed by atoms with Crippen LogP contribution in [0.4, 0.5) is 18.3 Å². The topological polar surface area (TPSA) is 95.7 Å². The summed E-state index contributed by atoms with van der Waals surface area (Å²) in [7, 11) is 3.07. The molecule has 1 amide bonds. The van der Waals surface area contributed by atoms with Crippen molar-refractivity contribution in [2.45, 2.75) is 13.1 Å². The number of aromatic nitrogens is 2. The Balaban J connectivity index is 1.42. The molecular weight excluding hydrogens is 511 g/mol. The number of furan rings is 1. The van der Waals surface area contributed by atoms with Crippen LogP contribution in [0.2, 0.25) is 0 Å². The van der Waals surface area contributed by atoms with Gasteiger partial charge in [-0.2, -0.15) is 13.2 Å². The molecule has 0 saturated heterocycles. The van der Waals surface area contributed by atoms with Gasteiger partial charge < -0.3 is 18.6 Å². The summed E-state index contributed by atoms with van der Waals surface area (Å²) in [5, 5.41) is 3.26. The molecule has 0 atom stereocenters. The third kappa shape index (κ3) is 4.75. The summed E-state index contributed by atoms with van der Waals surface area (Å²) >= 11 is 1.10. The molecule has 0 radical (unpaired) electrons. The van der Waals surface area contributed by atoms with Crippen LogP contribution in [0.5, 0.6) is 23.0 Å². The molecule has 0 bridgehead atoms. The van der Waals surface area contributed by atoms with Crippen LogP contribution in [0, 0.1) is 6.92 Å². The van der Waals surface area contributed by atoms with Gasteiger partial charge >= 0.3 is 6.18 Å². The van der Waals surface area contributed by atoms with Crippen LogP contribution in [0.25, 0.3) is 21.1 Å². The molecule has 0 aliphatic heterocycles. The predicted molar refractivity (Wildman–Crippen MR) is 131 cm³/mol. The predicted octanol–water partition coefficient (Wildman–Crippen LogP) is 6.83. The maximum absolute atomic E-state index is 13.2. The molecule has 1 N–H and O–H groups in total. The molecule has 5 aromatic rings. The summed E-state index contributed by atoms with van der Waals surface area (Å²) in [6, 6.07) is 11.4. The van der Waals surface area contributed by atoms with Crippen molar-refractivity contribution in [2.24, 2.45) is 0 Å². The number of thiazole rings is 1. The first kappa shape index (κ1) is 24.4. The normalized spacial score (nSPS) is 11.6. The van der Waals surface area contributed by atoms with Crippen molar-refractivity contribution in [3.8, 4) is 23.0 Å². The number of methoxy groups -OCH3 is 2. The summed E-state index contributed by atoms with van der Waals surface area (Å²) in [5.74, 6) is -0.269.